The zero-order valence-corrected chi connectivity index (χ0v) is 19.1. The number of halogens is 1. The molecule has 0 atom stereocenters. The molecular weight excluding hydrogens is 451 g/mol. The first-order chi connectivity index (χ1) is 17.0. The predicted octanol–water partition coefficient (Wildman–Crippen LogP) is 1.68. The molecule has 0 bridgehead atoms. The molecular formula is C24H23FN8O2. The lowest BCUT2D eigenvalue weighted by atomic mass is 10.2. The van der Waals surface area contributed by atoms with Crippen LogP contribution in [-0.4, -0.2) is 66.5 Å². The van der Waals surface area contributed by atoms with Crippen molar-refractivity contribution in [3.05, 3.63) is 94.2 Å². The Hall–Kier alpha value is -4.41. The van der Waals surface area contributed by atoms with Gasteiger partial charge in [0.1, 0.15) is 17.3 Å². The van der Waals surface area contributed by atoms with E-state index in [1.54, 1.807) is 23.2 Å². The van der Waals surface area contributed by atoms with Crippen molar-refractivity contribution in [2.75, 3.05) is 31.1 Å². The minimum absolute atomic E-state index is 0.0821. The second-order valence-electron chi connectivity index (χ2n) is 8.22. The normalized spacial score (nSPS) is 13.8. The van der Waals surface area contributed by atoms with Crippen LogP contribution in [0.3, 0.4) is 0 Å². The van der Waals surface area contributed by atoms with Gasteiger partial charge in [-0.15, -0.1) is 10.2 Å². The van der Waals surface area contributed by atoms with Crippen molar-refractivity contribution >= 4 is 11.7 Å². The van der Waals surface area contributed by atoms with Gasteiger partial charge in [-0.3, -0.25) is 14.2 Å². The zero-order chi connectivity index (χ0) is 24.4. The molecule has 1 aliphatic heterocycles. The van der Waals surface area contributed by atoms with Crippen LogP contribution in [0.4, 0.5) is 10.2 Å². The quantitative estimate of drug-likeness (QED) is 0.434. The molecule has 178 valence electrons. The number of amides is 1. The molecule has 0 spiro atoms. The van der Waals surface area contributed by atoms with Gasteiger partial charge in [0, 0.05) is 44.6 Å². The molecule has 1 amide bonds. The molecule has 4 heterocycles. The highest BCUT2D eigenvalue weighted by molar-refractivity contribution is 5.92. The van der Waals surface area contributed by atoms with Crippen molar-refractivity contribution in [2.24, 2.45) is 0 Å². The number of carbonyl (C=O) groups excluding carboxylic acids is 1. The van der Waals surface area contributed by atoms with E-state index in [0.717, 1.165) is 11.6 Å². The van der Waals surface area contributed by atoms with Crippen LogP contribution in [0.2, 0.25) is 0 Å². The Morgan fingerprint density at radius 2 is 1.77 bits per heavy atom. The Morgan fingerprint density at radius 3 is 2.46 bits per heavy atom. The molecule has 1 saturated heterocycles. The van der Waals surface area contributed by atoms with Gasteiger partial charge in [-0.2, -0.15) is 5.10 Å². The summed E-state index contributed by atoms with van der Waals surface area (Å²) in [6.07, 6.45) is 3.54. The van der Waals surface area contributed by atoms with Crippen molar-refractivity contribution in [1.29, 1.82) is 0 Å². The van der Waals surface area contributed by atoms with Crippen LogP contribution in [0.1, 0.15) is 21.9 Å². The van der Waals surface area contributed by atoms with Gasteiger partial charge in [-0.1, -0.05) is 12.1 Å². The first kappa shape index (κ1) is 22.4. The van der Waals surface area contributed by atoms with Gasteiger partial charge < -0.3 is 9.80 Å². The minimum atomic E-state index is -0.392. The van der Waals surface area contributed by atoms with Crippen LogP contribution in [0.15, 0.2) is 65.7 Å². The summed E-state index contributed by atoms with van der Waals surface area (Å²) in [5, 5.41) is 12.9. The summed E-state index contributed by atoms with van der Waals surface area (Å²) in [6, 6.07) is 12.5. The Bertz CT molecular complexity index is 1410. The lowest BCUT2D eigenvalue weighted by Gasteiger charge is -2.35. The second-order valence-corrected chi connectivity index (χ2v) is 8.22. The maximum absolute atomic E-state index is 13.5. The van der Waals surface area contributed by atoms with Crippen molar-refractivity contribution in [1.82, 2.24) is 34.4 Å². The highest BCUT2D eigenvalue weighted by Crippen LogP contribution is 2.16. The molecule has 0 unspecified atom stereocenters. The highest BCUT2D eigenvalue weighted by atomic mass is 19.1. The number of anilines is 1. The third-order valence-electron chi connectivity index (χ3n) is 5.91. The van der Waals surface area contributed by atoms with Gasteiger partial charge in [0.15, 0.2) is 11.6 Å². The van der Waals surface area contributed by atoms with Gasteiger partial charge in [0.25, 0.3) is 11.5 Å². The number of imidazole rings is 1. The zero-order valence-electron chi connectivity index (χ0n) is 19.1. The third kappa shape index (κ3) is 4.79. The Kier molecular flexibility index (Phi) is 6.04. The molecule has 1 aliphatic rings. The fraction of sp³-hybridized carbons (Fsp3) is 0.250. The summed E-state index contributed by atoms with van der Waals surface area (Å²) in [6.45, 7) is 4.12. The van der Waals surface area contributed by atoms with Crippen molar-refractivity contribution in [2.45, 2.75) is 13.5 Å². The molecule has 5 rings (SSSR count). The number of benzene rings is 1. The average Bonchev–Trinajstić information content (AvgIpc) is 3.31. The molecule has 4 aromatic rings. The van der Waals surface area contributed by atoms with E-state index in [-0.39, 0.29) is 23.7 Å². The summed E-state index contributed by atoms with van der Waals surface area (Å²) in [5.74, 6) is 1.61. The summed E-state index contributed by atoms with van der Waals surface area (Å²) < 4.78 is 16.5. The van der Waals surface area contributed by atoms with Gasteiger partial charge in [-0.05, 0) is 42.8 Å². The number of rotatable bonds is 5. The van der Waals surface area contributed by atoms with E-state index >= 15 is 0 Å². The number of piperazine rings is 1. The fourth-order valence-electron chi connectivity index (χ4n) is 4.02. The van der Waals surface area contributed by atoms with Gasteiger partial charge in [0.05, 0.1) is 6.54 Å². The SMILES string of the molecule is Cc1nccn1-c1ccc(N2CCN(C(=O)c3ccc(=O)n(Cc4cccc(F)c4)n3)CC2)nn1. The molecule has 35 heavy (non-hydrogen) atoms. The molecule has 10 nitrogen and oxygen atoms in total. The van der Waals surface area contributed by atoms with Crippen LogP contribution in [-0.2, 0) is 6.54 Å². The van der Waals surface area contributed by atoms with Crippen LogP contribution < -0.4 is 10.5 Å². The first-order valence-electron chi connectivity index (χ1n) is 11.2. The summed E-state index contributed by atoms with van der Waals surface area (Å²) in [7, 11) is 0. The summed E-state index contributed by atoms with van der Waals surface area (Å²) >= 11 is 0. The molecule has 0 aliphatic carbocycles. The topological polar surface area (TPSA) is 102 Å². The summed E-state index contributed by atoms with van der Waals surface area (Å²) in [4.78, 5) is 33.3. The second kappa shape index (κ2) is 9.45. The standard InChI is InChI=1S/C24H23FN8O2/c1-17-26-9-10-32(17)22-7-6-21(27-28-22)30-11-13-31(14-12-30)24(35)20-5-8-23(34)33(29-20)16-18-3-2-4-19(25)15-18/h2-10,15H,11-14,16H2,1H3. The van der Waals surface area contributed by atoms with Crippen LogP contribution in [0, 0.1) is 12.7 Å². The highest BCUT2D eigenvalue weighted by Gasteiger charge is 2.24. The van der Waals surface area contributed by atoms with Gasteiger partial charge >= 0.3 is 0 Å². The molecule has 0 N–H and O–H groups in total. The van der Waals surface area contributed by atoms with Gasteiger partial charge in [0.2, 0.25) is 0 Å². The van der Waals surface area contributed by atoms with Gasteiger partial charge in [-0.25, -0.2) is 14.1 Å². The Labute approximate surface area is 200 Å². The Morgan fingerprint density at radius 1 is 1.00 bits per heavy atom. The van der Waals surface area contributed by atoms with Crippen LogP contribution >= 0.6 is 0 Å². The van der Waals surface area contributed by atoms with E-state index in [9.17, 15) is 14.0 Å². The monoisotopic (exact) mass is 474 g/mol. The molecule has 0 radical (unpaired) electrons. The maximum atomic E-state index is 13.5. The molecule has 3 aromatic heterocycles. The molecule has 1 aromatic carbocycles. The number of nitrogens with zero attached hydrogens (tertiary/aromatic N) is 8. The van der Waals surface area contributed by atoms with E-state index in [0.29, 0.717) is 37.6 Å². The van der Waals surface area contributed by atoms with Crippen LogP contribution in [0.5, 0.6) is 0 Å². The Balaban J connectivity index is 1.24. The first-order valence-corrected chi connectivity index (χ1v) is 11.2. The van der Waals surface area contributed by atoms with Crippen molar-refractivity contribution in [3.8, 4) is 5.82 Å². The van der Waals surface area contributed by atoms with E-state index in [1.807, 2.05) is 29.8 Å². The third-order valence-corrected chi connectivity index (χ3v) is 5.91. The molecule has 1 fully saturated rings. The smallest absolute Gasteiger partial charge is 0.274 e. The predicted molar refractivity (Wildman–Crippen MR) is 126 cm³/mol. The van der Waals surface area contributed by atoms with Crippen LogP contribution in [0.25, 0.3) is 5.82 Å². The summed E-state index contributed by atoms with van der Waals surface area (Å²) in [5.41, 5.74) is 0.408. The minimum Gasteiger partial charge on any atom is -0.352 e. The number of hydrogen-bond acceptors (Lipinski definition) is 7. The average molecular weight is 475 g/mol. The van der Waals surface area contributed by atoms with E-state index in [2.05, 4.69) is 25.2 Å². The fourth-order valence-corrected chi connectivity index (χ4v) is 4.02. The van der Waals surface area contributed by atoms with Crippen molar-refractivity contribution in [3.63, 3.8) is 0 Å². The molecule has 0 saturated carbocycles. The number of aromatic nitrogens is 6. The van der Waals surface area contributed by atoms with E-state index in [1.165, 1.54) is 28.9 Å². The van der Waals surface area contributed by atoms with E-state index in [4.69, 9.17) is 0 Å². The lowest BCUT2D eigenvalue weighted by Crippen LogP contribution is -2.49. The maximum Gasteiger partial charge on any atom is 0.274 e. The largest absolute Gasteiger partial charge is 0.352 e. The number of aryl methyl sites for hydroxylation is 1. The van der Waals surface area contributed by atoms with Crippen molar-refractivity contribution < 1.29 is 9.18 Å². The number of hydrogen-bond donors (Lipinski definition) is 0. The molecule has 11 heteroatoms. The lowest BCUT2D eigenvalue weighted by molar-refractivity contribution is 0.0737. The number of carbonyl (C=O) groups is 1. The van der Waals surface area contributed by atoms with E-state index < -0.39 is 5.82 Å².